The molecule has 0 aliphatic carbocycles. The molecule has 2 rings (SSSR count). The van der Waals surface area contributed by atoms with Crippen molar-refractivity contribution in [3.63, 3.8) is 0 Å². The third-order valence-electron chi connectivity index (χ3n) is 3.21. The number of rotatable bonds is 6. The van der Waals surface area contributed by atoms with Crippen molar-refractivity contribution in [2.24, 2.45) is 5.73 Å². The molecule has 0 aliphatic heterocycles. The lowest BCUT2D eigenvalue weighted by molar-refractivity contribution is -0.137. The number of ether oxygens (including phenoxy) is 1. The Morgan fingerprint density at radius 2 is 1.96 bits per heavy atom. The van der Waals surface area contributed by atoms with E-state index in [-0.39, 0.29) is 30.0 Å². The maximum atomic E-state index is 12.5. The SMILES string of the molecule is NCc1ccc(C(=O)NCCOc2ncc(C(F)(F)F)cc2Cl)cc1. The Kier molecular flexibility index (Phi) is 6.22. The van der Waals surface area contributed by atoms with Crippen molar-refractivity contribution < 1.29 is 22.7 Å². The van der Waals surface area contributed by atoms with Crippen LogP contribution in [-0.4, -0.2) is 24.0 Å². The van der Waals surface area contributed by atoms with Crippen molar-refractivity contribution >= 4 is 17.5 Å². The Morgan fingerprint density at radius 1 is 1.28 bits per heavy atom. The number of carbonyl (C=O) groups excluding carboxylic acids is 1. The summed E-state index contributed by atoms with van der Waals surface area (Å²) in [5.74, 6) is -0.435. The van der Waals surface area contributed by atoms with E-state index in [1.54, 1.807) is 24.3 Å². The van der Waals surface area contributed by atoms with E-state index in [0.29, 0.717) is 18.3 Å². The van der Waals surface area contributed by atoms with Gasteiger partial charge < -0.3 is 15.8 Å². The molecule has 134 valence electrons. The Labute approximate surface area is 146 Å². The Hall–Kier alpha value is -2.32. The van der Waals surface area contributed by atoms with Crippen LogP contribution in [0.4, 0.5) is 13.2 Å². The van der Waals surface area contributed by atoms with Crippen LogP contribution in [0.15, 0.2) is 36.5 Å². The van der Waals surface area contributed by atoms with Gasteiger partial charge >= 0.3 is 6.18 Å². The topological polar surface area (TPSA) is 77.2 Å². The van der Waals surface area contributed by atoms with E-state index in [1.165, 1.54) is 0 Å². The van der Waals surface area contributed by atoms with Gasteiger partial charge in [0.1, 0.15) is 11.6 Å². The quantitative estimate of drug-likeness (QED) is 0.763. The molecule has 0 saturated carbocycles. The zero-order valence-electron chi connectivity index (χ0n) is 12.9. The van der Waals surface area contributed by atoms with Crippen molar-refractivity contribution in [2.75, 3.05) is 13.2 Å². The molecule has 0 atom stereocenters. The van der Waals surface area contributed by atoms with Crippen LogP contribution >= 0.6 is 11.6 Å². The van der Waals surface area contributed by atoms with E-state index < -0.39 is 11.7 Å². The molecule has 1 aromatic heterocycles. The number of nitrogens with zero attached hydrogens (tertiary/aromatic N) is 1. The predicted octanol–water partition coefficient (Wildman–Crippen LogP) is 3.02. The smallest absolute Gasteiger partial charge is 0.417 e. The number of alkyl halides is 3. The molecule has 9 heteroatoms. The summed E-state index contributed by atoms with van der Waals surface area (Å²) >= 11 is 5.72. The normalized spacial score (nSPS) is 11.2. The molecule has 5 nitrogen and oxygen atoms in total. The minimum atomic E-state index is -4.53. The number of benzene rings is 1. The third kappa shape index (κ3) is 5.33. The molecule has 0 aliphatic rings. The number of nitrogens with one attached hydrogen (secondary N) is 1. The van der Waals surface area contributed by atoms with Crippen LogP contribution < -0.4 is 15.8 Å². The number of carbonyl (C=O) groups is 1. The summed E-state index contributed by atoms with van der Waals surface area (Å²) in [5, 5.41) is 2.36. The summed E-state index contributed by atoms with van der Waals surface area (Å²) in [6, 6.07) is 7.52. The number of amides is 1. The van der Waals surface area contributed by atoms with Gasteiger partial charge in [0.2, 0.25) is 5.88 Å². The van der Waals surface area contributed by atoms with Crippen molar-refractivity contribution in [3.8, 4) is 5.88 Å². The molecular formula is C16H15ClF3N3O2. The van der Waals surface area contributed by atoms with Crippen LogP contribution in [0.3, 0.4) is 0 Å². The fraction of sp³-hybridized carbons (Fsp3) is 0.250. The lowest BCUT2D eigenvalue weighted by Gasteiger charge is -2.11. The Morgan fingerprint density at radius 3 is 2.52 bits per heavy atom. The molecule has 0 fully saturated rings. The fourth-order valence-corrected chi connectivity index (χ4v) is 2.11. The lowest BCUT2D eigenvalue weighted by Crippen LogP contribution is -2.28. The number of hydrogen-bond acceptors (Lipinski definition) is 4. The lowest BCUT2D eigenvalue weighted by atomic mass is 10.1. The van der Waals surface area contributed by atoms with Gasteiger partial charge in [-0.1, -0.05) is 23.7 Å². The highest BCUT2D eigenvalue weighted by molar-refractivity contribution is 6.31. The fourth-order valence-electron chi connectivity index (χ4n) is 1.89. The van der Waals surface area contributed by atoms with Gasteiger partial charge in [-0.2, -0.15) is 13.2 Å². The van der Waals surface area contributed by atoms with Gasteiger partial charge in [-0.15, -0.1) is 0 Å². The monoisotopic (exact) mass is 373 g/mol. The first-order valence-corrected chi connectivity index (χ1v) is 7.62. The summed E-state index contributed by atoms with van der Waals surface area (Å²) in [5.41, 5.74) is 5.89. The summed E-state index contributed by atoms with van der Waals surface area (Å²) in [7, 11) is 0. The highest BCUT2D eigenvalue weighted by Crippen LogP contribution is 2.32. The van der Waals surface area contributed by atoms with Crippen molar-refractivity contribution in [1.29, 1.82) is 0 Å². The molecule has 2 aromatic rings. The summed E-state index contributed by atoms with van der Waals surface area (Å²) in [4.78, 5) is 15.5. The third-order valence-corrected chi connectivity index (χ3v) is 3.48. The second-order valence-electron chi connectivity index (χ2n) is 5.01. The van der Waals surface area contributed by atoms with Gasteiger partial charge in [0.05, 0.1) is 12.1 Å². The van der Waals surface area contributed by atoms with Gasteiger partial charge in [-0.05, 0) is 23.8 Å². The zero-order valence-corrected chi connectivity index (χ0v) is 13.7. The summed E-state index contributed by atoms with van der Waals surface area (Å²) in [6.07, 6.45) is -3.89. The van der Waals surface area contributed by atoms with Crippen LogP contribution in [0.2, 0.25) is 5.02 Å². The molecule has 1 amide bonds. The van der Waals surface area contributed by atoms with Gasteiger partial charge in [0.15, 0.2) is 0 Å². The van der Waals surface area contributed by atoms with E-state index in [0.717, 1.165) is 11.6 Å². The van der Waals surface area contributed by atoms with Crippen molar-refractivity contribution in [3.05, 3.63) is 58.2 Å². The molecular weight excluding hydrogens is 359 g/mol. The second kappa shape index (κ2) is 8.17. The summed E-state index contributed by atoms with van der Waals surface area (Å²) < 4.78 is 42.7. The van der Waals surface area contributed by atoms with E-state index in [4.69, 9.17) is 22.1 Å². The van der Waals surface area contributed by atoms with Crippen LogP contribution in [0.25, 0.3) is 0 Å². The average Bonchev–Trinajstić information content (AvgIpc) is 2.58. The van der Waals surface area contributed by atoms with Gasteiger partial charge in [-0.25, -0.2) is 4.98 Å². The zero-order chi connectivity index (χ0) is 18.4. The van der Waals surface area contributed by atoms with E-state index in [9.17, 15) is 18.0 Å². The number of nitrogens with two attached hydrogens (primary N) is 1. The molecule has 0 radical (unpaired) electrons. The minimum absolute atomic E-state index is 0.00467. The molecule has 3 N–H and O–H groups in total. The van der Waals surface area contributed by atoms with Gasteiger partial charge in [-0.3, -0.25) is 4.79 Å². The van der Waals surface area contributed by atoms with E-state index in [2.05, 4.69) is 10.3 Å². The van der Waals surface area contributed by atoms with Crippen LogP contribution in [0, 0.1) is 0 Å². The molecule has 0 bridgehead atoms. The number of hydrogen-bond donors (Lipinski definition) is 2. The Balaban J connectivity index is 1.83. The Bertz CT molecular complexity index is 736. The number of aromatic nitrogens is 1. The van der Waals surface area contributed by atoms with Crippen molar-refractivity contribution in [1.82, 2.24) is 10.3 Å². The standard InChI is InChI=1S/C16H15ClF3N3O2/c17-13-7-12(16(18,19)20)9-23-15(13)25-6-5-22-14(24)11-3-1-10(8-21)2-4-11/h1-4,7,9H,5-6,8,21H2,(H,22,24). The molecule has 0 unspecified atom stereocenters. The first-order chi connectivity index (χ1) is 11.8. The van der Waals surface area contributed by atoms with E-state index in [1.807, 2.05) is 0 Å². The highest BCUT2D eigenvalue weighted by atomic mass is 35.5. The predicted molar refractivity (Wildman–Crippen MR) is 86.4 cm³/mol. The first kappa shape index (κ1) is 19.0. The summed E-state index contributed by atoms with van der Waals surface area (Å²) in [6.45, 7) is 0.526. The van der Waals surface area contributed by atoms with Crippen LogP contribution in [-0.2, 0) is 12.7 Å². The van der Waals surface area contributed by atoms with Gasteiger partial charge in [0, 0.05) is 18.3 Å². The van der Waals surface area contributed by atoms with Crippen LogP contribution in [0.1, 0.15) is 21.5 Å². The minimum Gasteiger partial charge on any atom is -0.475 e. The number of pyridine rings is 1. The maximum Gasteiger partial charge on any atom is 0.417 e. The number of halogens is 4. The average molecular weight is 374 g/mol. The molecule has 0 saturated heterocycles. The van der Waals surface area contributed by atoms with E-state index >= 15 is 0 Å². The first-order valence-electron chi connectivity index (χ1n) is 7.24. The van der Waals surface area contributed by atoms with Gasteiger partial charge in [0.25, 0.3) is 5.91 Å². The largest absolute Gasteiger partial charge is 0.475 e. The molecule has 1 heterocycles. The molecule has 1 aromatic carbocycles. The van der Waals surface area contributed by atoms with Crippen molar-refractivity contribution in [2.45, 2.75) is 12.7 Å². The molecule has 0 spiro atoms. The molecule has 25 heavy (non-hydrogen) atoms. The van der Waals surface area contributed by atoms with Crippen LogP contribution in [0.5, 0.6) is 5.88 Å². The highest BCUT2D eigenvalue weighted by Gasteiger charge is 2.31. The second-order valence-corrected chi connectivity index (χ2v) is 5.42. The maximum absolute atomic E-state index is 12.5.